The zero-order valence-electron chi connectivity index (χ0n) is 11.8. The lowest BCUT2D eigenvalue weighted by molar-refractivity contribution is 0.639. The van der Waals surface area contributed by atoms with Gasteiger partial charge in [-0.2, -0.15) is 11.8 Å². The van der Waals surface area contributed by atoms with Gasteiger partial charge in [-0.25, -0.2) is 0 Å². The van der Waals surface area contributed by atoms with Gasteiger partial charge in [-0.1, -0.05) is 36.2 Å². The average Bonchev–Trinajstić information content (AvgIpc) is 2.89. The summed E-state index contributed by atoms with van der Waals surface area (Å²) in [4.78, 5) is 2.89. The molecule has 0 saturated carbocycles. The molecule has 2 aromatic rings. The van der Waals surface area contributed by atoms with Gasteiger partial charge in [0, 0.05) is 25.6 Å². The summed E-state index contributed by atoms with van der Waals surface area (Å²) in [6.07, 6.45) is 1.19. The number of hydrogen-bond acceptors (Lipinski definition) is 3. The molecule has 1 nitrogen and oxygen atoms in total. The van der Waals surface area contributed by atoms with E-state index >= 15 is 0 Å². The molecule has 0 spiro atoms. The first kappa shape index (κ1) is 15.7. The van der Waals surface area contributed by atoms with Crippen LogP contribution in [0.1, 0.15) is 33.8 Å². The fourth-order valence-corrected chi connectivity index (χ4v) is 5.60. The van der Waals surface area contributed by atoms with E-state index in [0.717, 1.165) is 22.9 Å². The van der Waals surface area contributed by atoms with Crippen molar-refractivity contribution in [2.24, 2.45) is 0 Å². The third-order valence-corrected chi connectivity index (χ3v) is 6.49. The molecule has 1 atom stereocenters. The van der Waals surface area contributed by atoms with Crippen molar-refractivity contribution in [2.45, 2.75) is 25.1 Å². The van der Waals surface area contributed by atoms with Crippen molar-refractivity contribution >= 4 is 46.3 Å². The maximum atomic E-state index is 6.41. The van der Waals surface area contributed by atoms with Gasteiger partial charge in [0.2, 0.25) is 0 Å². The van der Waals surface area contributed by atoms with Gasteiger partial charge in [-0.15, -0.1) is 11.3 Å². The minimum absolute atomic E-state index is 0.153. The Hall–Kier alpha value is -0.190. The molecular weight excluding hydrogens is 341 g/mol. The van der Waals surface area contributed by atoms with Crippen LogP contribution in [0.25, 0.3) is 0 Å². The molecule has 0 fully saturated rings. The van der Waals surface area contributed by atoms with Crippen LogP contribution in [0, 0.1) is 0 Å². The van der Waals surface area contributed by atoms with Crippen molar-refractivity contribution in [3.8, 4) is 0 Å². The van der Waals surface area contributed by atoms with E-state index in [4.69, 9.17) is 23.2 Å². The molecule has 1 aliphatic heterocycles. The van der Waals surface area contributed by atoms with Gasteiger partial charge >= 0.3 is 0 Å². The zero-order chi connectivity index (χ0) is 14.8. The molecule has 0 saturated heterocycles. The minimum Gasteiger partial charge on any atom is -0.306 e. The topological polar surface area (TPSA) is 12.0 Å². The van der Waals surface area contributed by atoms with Crippen LogP contribution in [-0.2, 0) is 12.2 Å². The number of halogens is 2. The number of thiophene rings is 1. The van der Waals surface area contributed by atoms with E-state index in [1.54, 1.807) is 0 Å². The van der Waals surface area contributed by atoms with E-state index < -0.39 is 0 Å². The number of fused-ring (bicyclic) bond motifs is 1. The molecule has 0 aliphatic carbocycles. The van der Waals surface area contributed by atoms with Crippen molar-refractivity contribution in [3.63, 3.8) is 0 Å². The zero-order valence-corrected chi connectivity index (χ0v) is 14.9. The Balaban J connectivity index is 1.99. The van der Waals surface area contributed by atoms with E-state index in [9.17, 15) is 0 Å². The molecule has 1 aromatic carbocycles. The first-order chi connectivity index (χ1) is 10.2. The Morgan fingerprint density at radius 3 is 2.86 bits per heavy atom. The second kappa shape index (κ2) is 6.93. The van der Waals surface area contributed by atoms with Gasteiger partial charge in [0.25, 0.3) is 0 Å². The number of nitrogens with one attached hydrogen (secondary N) is 1. The Morgan fingerprint density at radius 1 is 1.29 bits per heavy atom. The van der Waals surface area contributed by atoms with Crippen LogP contribution in [0.4, 0.5) is 0 Å². The lowest BCUT2D eigenvalue weighted by Gasteiger charge is -2.18. The largest absolute Gasteiger partial charge is 0.306 e. The molecule has 21 heavy (non-hydrogen) atoms. The smallest absolute Gasteiger partial charge is 0.0685 e. The monoisotopic (exact) mass is 357 g/mol. The summed E-state index contributed by atoms with van der Waals surface area (Å²) >= 11 is 16.4. The molecule has 1 aliphatic rings. The average molecular weight is 358 g/mol. The van der Waals surface area contributed by atoms with Crippen LogP contribution < -0.4 is 5.32 Å². The van der Waals surface area contributed by atoms with Crippen LogP contribution in [0.3, 0.4) is 0 Å². The highest BCUT2D eigenvalue weighted by Gasteiger charge is 2.22. The second-order valence-electron chi connectivity index (χ2n) is 5.06. The fourth-order valence-electron chi connectivity index (χ4n) is 2.62. The maximum absolute atomic E-state index is 6.41. The van der Waals surface area contributed by atoms with Crippen LogP contribution >= 0.6 is 46.3 Å². The highest BCUT2D eigenvalue weighted by Crippen LogP contribution is 2.38. The maximum Gasteiger partial charge on any atom is 0.0685 e. The van der Waals surface area contributed by atoms with Gasteiger partial charge in [-0.05, 0) is 48.0 Å². The third kappa shape index (κ3) is 3.43. The molecule has 112 valence electrons. The van der Waals surface area contributed by atoms with Crippen LogP contribution in [0.2, 0.25) is 10.0 Å². The molecule has 1 unspecified atom stereocenters. The highest BCUT2D eigenvalue weighted by atomic mass is 35.5. The summed E-state index contributed by atoms with van der Waals surface area (Å²) in [6, 6.07) is 8.28. The summed E-state index contributed by atoms with van der Waals surface area (Å²) in [5, 5.41) is 4.97. The molecule has 1 aromatic heterocycles. The Kier molecular flexibility index (Phi) is 5.18. The number of hydrogen-bond donors (Lipinski definition) is 1. The van der Waals surface area contributed by atoms with Crippen LogP contribution in [0.15, 0.2) is 24.3 Å². The van der Waals surface area contributed by atoms with Crippen LogP contribution in [-0.4, -0.2) is 12.3 Å². The molecule has 2 heterocycles. The van der Waals surface area contributed by atoms with E-state index in [1.807, 2.05) is 41.3 Å². The summed E-state index contributed by atoms with van der Waals surface area (Å²) in [7, 11) is 0. The quantitative estimate of drug-likeness (QED) is 0.770. The Bertz CT molecular complexity index is 616. The number of rotatable bonds is 4. The number of thioether (sulfide) groups is 1. The molecule has 0 radical (unpaired) electrons. The lowest BCUT2D eigenvalue weighted by Crippen LogP contribution is -2.21. The molecule has 0 bridgehead atoms. The Morgan fingerprint density at radius 2 is 2.14 bits per heavy atom. The summed E-state index contributed by atoms with van der Waals surface area (Å²) < 4.78 is 0. The summed E-state index contributed by atoms with van der Waals surface area (Å²) in [5.41, 5.74) is 2.61. The van der Waals surface area contributed by atoms with Crippen molar-refractivity contribution in [1.82, 2.24) is 5.32 Å². The van der Waals surface area contributed by atoms with Crippen molar-refractivity contribution in [2.75, 3.05) is 12.3 Å². The standard InChI is InChI=1S/C16H17Cl2NS2/c1-2-19-16(12-4-3-11(17)8-13(12)18)15-7-10-9-20-6-5-14(10)21-15/h3-4,7-8,16,19H,2,5-6,9H2,1H3. The highest BCUT2D eigenvalue weighted by molar-refractivity contribution is 7.98. The van der Waals surface area contributed by atoms with Crippen molar-refractivity contribution in [1.29, 1.82) is 0 Å². The minimum atomic E-state index is 0.153. The third-order valence-electron chi connectivity index (χ3n) is 3.61. The summed E-state index contributed by atoms with van der Waals surface area (Å²) in [6.45, 7) is 3.03. The molecule has 1 N–H and O–H groups in total. The van der Waals surface area contributed by atoms with Gasteiger partial charge in [0.15, 0.2) is 0 Å². The number of benzene rings is 1. The Labute approximate surface area is 144 Å². The first-order valence-electron chi connectivity index (χ1n) is 7.06. The fraction of sp³-hybridized carbons (Fsp3) is 0.375. The van der Waals surface area contributed by atoms with E-state index in [2.05, 4.69) is 18.3 Å². The lowest BCUT2D eigenvalue weighted by atomic mass is 10.0. The van der Waals surface area contributed by atoms with Crippen molar-refractivity contribution < 1.29 is 0 Å². The predicted octanol–water partition coefficient (Wildman–Crippen LogP) is 5.54. The molecular formula is C16H17Cl2NS2. The van der Waals surface area contributed by atoms with Gasteiger partial charge < -0.3 is 5.32 Å². The summed E-state index contributed by atoms with van der Waals surface area (Å²) in [5.74, 6) is 2.37. The normalized spacial score (nSPS) is 15.8. The predicted molar refractivity (Wildman–Crippen MR) is 96.2 cm³/mol. The number of aryl methyl sites for hydroxylation is 1. The van der Waals surface area contributed by atoms with Gasteiger partial charge in [0.05, 0.1) is 6.04 Å². The SMILES string of the molecule is CCNC(c1cc2c(s1)CCSC2)c1ccc(Cl)cc1Cl. The van der Waals surface area contributed by atoms with Gasteiger partial charge in [0.1, 0.15) is 0 Å². The van der Waals surface area contributed by atoms with Crippen molar-refractivity contribution in [3.05, 3.63) is 55.2 Å². The van der Waals surface area contributed by atoms with E-state index in [1.165, 1.54) is 27.5 Å². The molecule has 3 rings (SSSR count). The van der Waals surface area contributed by atoms with E-state index in [-0.39, 0.29) is 6.04 Å². The molecule has 0 amide bonds. The van der Waals surface area contributed by atoms with Crippen LogP contribution in [0.5, 0.6) is 0 Å². The second-order valence-corrected chi connectivity index (χ2v) is 8.17. The molecule has 5 heteroatoms. The van der Waals surface area contributed by atoms with E-state index in [0.29, 0.717) is 5.02 Å². The first-order valence-corrected chi connectivity index (χ1v) is 9.79. The van der Waals surface area contributed by atoms with Gasteiger partial charge in [-0.3, -0.25) is 0 Å².